The van der Waals surface area contributed by atoms with Gasteiger partial charge in [-0.15, -0.1) is 0 Å². The molecule has 12 nitrogen and oxygen atoms in total. The molecule has 1 saturated heterocycles. The second-order valence-corrected chi connectivity index (χ2v) is 9.80. The standard InChI is InChI=1S/C21H38O12S/c1-3-5-7-9-16(22)30-11-14(12-31-17(23)10-8-6-4-2)32-21-20(26)19(25)18(24)15(33-21)13-34(27,28)29/h14-15,18-21,24-26H,3-13H2,1-2H3,(H,27,28,29)/t15-,18-,19+,20-,21-/m1/s1. The summed E-state index contributed by atoms with van der Waals surface area (Å²) in [5.74, 6) is -2.05. The highest BCUT2D eigenvalue weighted by atomic mass is 32.2. The first kappa shape index (κ1) is 30.7. The van der Waals surface area contributed by atoms with Crippen LogP contribution in [-0.2, 0) is 38.7 Å². The molecule has 34 heavy (non-hydrogen) atoms. The van der Waals surface area contributed by atoms with Gasteiger partial charge < -0.3 is 34.3 Å². The maximum absolute atomic E-state index is 12.0. The van der Waals surface area contributed by atoms with Gasteiger partial charge in [0.25, 0.3) is 10.1 Å². The van der Waals surface area contributed by atoms with Crippen LogP contribution in [0.1, 0.15) is 65.2 Å². The van der Waals surface area contributed by atoms with E-state index in [4.69, 9.17) is 23.5 Å². The number of aliphatic hydroxyl groups is 3. The van der Waals surface area contributed by atoms with Crippen molar-refractivity contribution in [2.24, 2.45) is 0 Å². The third kappa shape index (κ3) is 11.9. The summed E-state index contributed by atoms with van der Waals surface area (Å²) in [5, 5.41) is 30.3. The summed E-state index contributed by atoms with van der Waals surface area (Å²) >= 11 is 0. The molecule has 1 aliphatic heterocycles. The minimum atomic E-state index is -4.59. The van der Waals surface area contributed by atoms with Crippen molar-refractivity contribution in [3.05, 3.63) is 0 Å². The van der Waals surface area contributed by atoms with Crippen LogP contribution in [0.4, 0.5) is 0 Å². The Bertz CT molecular complexity index is 687. The van der Waals surface area contributed by atoms with Crippen LogP contribution in [0.2, 0.25) is 0 Å². The van der Waals surface area contributed by atoms with Gasteiger partial charge in [-0.25, -0.2) is 0 Å². The molecule has 13 heteroatoms. The number of hydrogen-bond donors (Lipinski definition) is 4. The van der Waals surface area contributed by atoms with E-state index in [1.54, 1.807) is 0 Å². The highest BCUT2D eigenvalue weighted by Gasteiger charge is 2.46. The summed E-state index contributed by atoms with van der Waals surface area (Å²) in [4.78, 5) is 23.9. The Balaban J connectivity index is 2.81. The number of ether oxygens (including phenoxy) is 4. The van der Waals surface area contributed by atoms with E-state index in [1.807, 2.05) is 13.8 Å². The van der Waals surface area contributed by atoms with Gasteiger partial charge in [-0.05, 0) is 12.8 Å². The van der Waals surface area contributed by atoms with Gasteiger partial charge in [0.05, 0.1) is 0 Å². The number of esters is 2. The number of unbranched alkanes of at least 4 members (excludes halogenated alkanes) is 4. The third-order valence-electron chi connectivity index (χ3n) is 5.20. The maximum atomic E-state index is 12.0. The Morgan fingerprint density at radius 1 is 0.853 bits per heavy atom. The van der Waals surface area contributed by atoms with Crippen molar-refractivity contribution < 1.29 is 56.8 Å². The summed E-state index contributed by atoms with van der Waals surface area (Å²) in [6.45, 7) is 3.25. The van der Waals surface area contributed by atoms with Crippen molar-refractivity contribution in [3.8, 4) is 0 Å². The molecule has 4 N–H and O–H groups in total. The fraction of sp³-hybridized carbons (Fsp3) is 0.905. The fourth-order valence-electron chi connectivity index (χ4n) is 3.25. The Hall–Kier alpha value is -1.35. The van der Waals surface area contributed by atoms with Crippen LogP contribution in [0.5, 0.6) is 0 Å². The second kappa shape index (κ2) is 15.6. The molecule has 0 aromatic heterocycles. The van der Waals surface area contributed by atoms with Gasteiger partial charge in [0, 0.05) is 12.8 Å². The molecule has 0 aromatic rings. The number of aliphatic hydroxyl groups excluding tert-OH is 3. The molecule has 0 saturated carbocycles. The lowest BCUT2D eigenvalue weighted by Crippen LogP contribution is -2.60. The van der Waals surface area contributed by atoms with Crippen LogP contribution in [0.3, 0.4) is 0 Å². The van der Waals surface area contributed by atoms with Crippen LogP contribution in [0, 0.1) is 0 Å². The van der Waals surface area contributed by atoms with E-state index in [2.05, 4.69) is 0 Å². The van der Waals surface area contributed by atoms with Crippen molar-refractivity contribution >= 4 is 22.1 Å². The molecule has 1 rings (SSSR count). The molecular formula is C21H38O12S. The quantitative estimate of drug-likeness (QED) is 0.126. The number of rotatable bonds is 16. The van der Waals surface area contributed by atoms with Gasteiger partial charge in [-0.3, -0.25) is 14.1 Å². The van der Waals surface area contributed by atoms with E-state index >= 15 is 0 Å². The maximum Gasteiger partial charge on any atom is 0.305 e. The van der Waals surface area contributed by atoms with Crippen molar-refractivity contribution in [3.63, 3.8) is 0 Å². The number of carbonyl (C=O) groups is 2. The van der Waals surface area contributed by atoms with Crippen molar-refractivity contribution in [1.82, 2.24) is 0 Å². The Morgan fingerprint density at radius 2 is 1.35 bits per heavy atom. The Kier molecular flexibility index (Phi) is 14.1. The minimum Gasteiger partial charge on any atom is -0.463 e. The molecule has 0 spiro atoms. The molecule has 0 bridgehead atoms. The normalized spacial score (nSPS) is 25.3. The summed E-state index contributed by atoms with van der Waals surface area (Å²) < 4.78 is 52.6. The van der Waals surface area contributed by atoms with Crippen LogP contribution in [0.25, 0.3) is 0 Å². The number of hydrogen-bond acceptors (Lipinski definition) is 11. The molecule has 5 atom stereocenters. The third-order valence-corrected chi connectivity index (χ3v) is 5.95. The zero-order valence-electron chi connectivity index (χ0n) is 19.7. The average Bonchev–Trinajstić information content (AvgIpc) is 2.76. The van der Waals surface area contributed by atoms with Gasteiger partial charge in [-0.1, -0.05) is 39.5 Å². The van der Waals surface area contributed by atoms with Crippen molar-refractivity contribution in [2.75, 3.05) is 19.0 Å². The minimum absolute atomic E-state index is 0.182. The number of carbonyl (C=O) groups excluding carboxylic acids is 2. The summed E-state index contributed by atoms with van der Waals surface area (Å²) in [7, 11) is -4.59. The molecule has 200 valence electrons. The Morgan fingerprint density at radius 3 is 1.79 bits per heavy atom. The molecule has 0 unspecified atom stereocenters. The monoisotopic (exact) mass is 514 g/mol. The van der Waals surface area contributed by atoms with E-state index in [9.17, 15) is 33.3 Å². The molecule has 0 radical (unpaired) electrons. The van der Waals surface area contributed by atoms with E-state index in [1.165, 1.54) is 0 Å². The first-order chi connectivity index (χ1) is 16.0. The van der Waals surface area contributed by atoms with Crippen molar-refractivity contribution in [1.29, 1.82) is 0 Å². The van der Waals surface area contributed by atoms with Gasteiger partial charge in [0.2, 0.25) is 0 Å². The van der Waals surface area contributed by atoms with Gasteiger partial charge in [0.1, 0.15) is 49.5 Å². The van der Waals surface area contributed by atoms with Gasteiger partial charge >= 0.3 is 11.9 Å². The second-order valence-electron chi connectivity index (χ2n) is 8.30. The summed E-state index contributed by atoms with van der Waals surface area (Å²) in [6.07, 6.45) is -4.66. The first-order valence-corrected chi connectivity index (χ1v) is 13.2. The first-order valence-electron chi connectivity index (χ1n) is 11.6. The lowest BCUT2D eigenvalue weighted by atomic mass is 10.00. The van der Waals surface area contributed by atoms with E-state index < -0.39 is 64.6 Å². The van der Waals surface area contributed by atoms with E-state index in [0.717, 1.165) is 25.7 Å². The zero-order chi connectivity index (χ0) is 25.7. The van der Waals surface area contributed by atoms with Crippen LogP contribution >= 0.6 is 0 Å². The molecular weight excluding hydrogens is 476 g/mol. The fourth-order valence-corrected chi connectivity index (χ4v) is 3.94. The van der Waals surface area contributed by atoms with Crippen LogP contribution in [-0.4, -0.2) is 96.0 Å². The van der Waals surface area contributed by atoms with Gasteiger partial charge in [-0.2, -0.15) is 8.42 Å². The smallest absolute Gasteiger partial charge is 0.305 e. The molecule has 0 aliphatic carbocycles. The summed E-state index contributed by atoms with van der Waals surface area (Å²) in [6, 6.07) is 0. The SMILES string of the molecule is CCCCCC(=O)OCC(COC(=O)CCCCC)O[C@@H]1O[C@H](CS(=O)(=O)O)[C@@H](O)[C@H](O)[C@H]1O. The largest absolute Gasteiger partial charge is 0.463 e. The zero-order valence-corrected chi connectivity index (χ0v) is 20.5. The lowest BCUT2D eigenvalue weighted by molar-refractivity contribution is -0.308. The predicted octanol–water partition coefficient (Wildman–Crippen LogP) is 0.314. The lowest BCUT2D eigenvalue weighted by Gasteiger charge is -2.40. The molecule has 1 fully saturated rings. The van der Waals surface area contributed by atoms with Crippen LogP contribution in [0.15, 0.2) is 0 Å². The molecule has 0 amide bonds. The van der Waals surface area contributed by atoms with Crippen LogP contribution < -0.4 is 0 Å². The topological polar surface area (TPSA) is 186 Å². The highest BCUT2D eigenvalue weighted by Crippen LogP contribution is 2.24. The van der Waals surface area contributed by atoms with E-state index in [0.29, 0.717) is 12.8 Å². The van der Waals surface area contributed by atoms with E-state index in [-0.39, 0.29) is 26.1 Å². The summed E-state index contributed by atoms with van der Waals surface area (Å²) in [5.41, 5.74) is 0. The van der Waals surface area contributed by atoms with Crippen molar-refractivity contribution in [2.45, 2.75) is 102 Å². The molecule has 1 aliphatic rings. The predicted molar refractivity (Wildman–Crippen MR) is 118 cm³/mol. The molecule has 1 heterocycles. The average molecular weight is 515 g/mol. The van der Waals surface area contributed by atoms with Gasteiger partial charge in [0.15, 0.2) is 6.29 Å². The highest BCUT2D eigenvalue weighted by molar-refractivity contribution is 7.85. The molecule has 0 aromatic carbocycles. The Labute approximate surface area is 200 Å².